The molecule has 0 saturated heterocycles. The van der Waals surface area contributed by atoms with Crippen molar-refractivity contribution in [2.75, 3.05) is 11.9 Å². The number of nitrogens with zero attached hydrogens (tertiary/aromatic N) is 1. The summed E-state index contributed by atoms with van der Waals surface area (Å²) in [6.07, 6.45) is 3.52. The van der Waals surface area contributed by atoms with Gasteiger partial charge in [-0.25, -0.2) is 0 Å². The molecule has 2 N–H and O–H groups in total. The molecule has 110 valence electrons. The zero-order valence-corrected chi connectivity index (χ0v) is 12.5. The van der Waals surface area contributed by atoms with E-state index in [0.29, 0.717) is 24.6 Å². The van der Waals surface area contributed by atoms with Crippen LogP contribution in [0.1, 0.15) is 29.8 Å². The molecule has 4 nitrogen and oxygen atoms in total. The van der Waals surface area contributed by atoms with E-state index in [1.807, 2.05) is 36.4 Å². The number of aromatic nitrogens is 1. The predicted octanol–water partition coefficient (Wildman–Crippen LogP) is 3.08. The summed E-state index contributed by atoms with van der Waals surface area (Å²) >= 11 is 0. The lowest BCUT2D eigenvalue weighted by atomic mass is 10.1. The molecule has 21 heavy (non-hydrogen) atoms. The van der Waals surface area contributed by atoms with Crippen molar-refractivity contribution in [2.45, 2.75) is 20.4 Å². The standard InChI is InChI=1S/C17H21N3O/c1-13(2)11-20-17(21)15-5-3-4-6-16(15)19-12-14-7-9-18-10-8-14/h3-10,13,19H,11-12H2,1-2H3,(H,20,21). The normalized spacial score (nSPS) is 10.4. The zero-order chi connectivity index (χ0) is 15.1. The Hall–Kier alpha value is -2.36. The third-order valence-electron chi connectivity index (χ3n) is 3.07. The largest absolute Gasteiger partial charge is 0.380 e. The van der Waals surface area contributed by atoms with E-state index in [0.717, 1.165) is 11.3 Å². The van der Waals surface area contributed by atoms with Gasteiger partial charge in [0.05, 0.1) is 5.56 Å². The van der Waals surface area contributed by atoms with Gasteiger partial charge >= 0.3 is 0 Å². The molecule has 4 heteroatoms. The number of benzene rings is 1. The maximum Gasteiger partial charge on any atom is 0.253 e. The third-order valence-corrected chi connectivity index (χ3v) is 3.07. The summed E-state index contributed by atoms with van der Waals surface area (Å²) in [6.45, 7) is 5.50. The van der Waals surface area contributed by atoms with Crippen molar-refractivity contribution in [2.24, 2.45) is 5.92 Å². The Kier molecular flexibility index (Phi) is 5.32. The van der Waals surface area contributed by atoms with Gasteiger partial charge in [-0.2, -0.15) is 0 Å². The Balaban J connectivity index is 2.04. The van der Waals surface area contributed by atoms with Crippen molar-refractivity contribution in [3.63, 3.8) is 0 Å². The molecule has 0 fully saturated rings. The number of anilines is 1. The smallest absolute Gasteiger partial charge is 0.253 e. The third kappa shape index (κ3) is 4.60. The summed E-state index contributed by atoms with van der Waals surface area (Å²) in [7, 11) is 0. The number of hydrogen-bond acceptors (Lipinski definition) is 3. The number of pyridine rings is 1. The van der Waals surface area contributed by atoms with Crippen molar-refractivity contribution >= 4 is 11.6 Å². The first-order valence-corrected chi connectivity index (χ1v) is 7.17. The first-order chi connectivity index (χ1) is 10.2. The van der Waals surface area contributed by atoms with Crippen LogP contribution in [0.15, 0.2) is 48.8 Å². The van der Waals surface area contributed by atoms with E-state index in [4.69, 9.17) is 0 Å². The van der Waals surface area contributed by atoms with Crippen molar-refractivity contribution in [3.05, 3.63) is 59.9 Å². The van der Waals surface area contributed by atoms with Gasteiger partial charge in [0.2, 0.25) is 0 Å². The van der Waals surface area contributed by atoms with E-state index >= 15 is 0 Å². The van der Waals surface area contributed by atoms with Gasteiger partial charge in [0.1, 0.15) is 0 Å². The van der Waals surface area contributed by atoms with Crippen LogP contribution in [-0.4, -0.2) is 17.4 Å². The quantitative estimate of drug-likeness (QED) is 0.856. The van der Waals surface area contributed by atoms with Crippen LogP contribution in [0.25, 0.3) is 0 Å². The van der Waals surface area contributed by atoms with E-state index < -0.39 is 0 Å². The van der Waals surface area contributed by atoms with E-state index in [2.05, 4.69) is 29.5 Å². The van der Waals surface area contributed by atoms with Gasteiger partial charge in [-0.15, -0.1) is 0 Å². The zero-order valence-electron chi connectivity index (χ0n) is 12.5. The molecule has 0 atom stereocenters. The average Bonchev–Trinajstić information content (AvgIpc) is 2.52. The first-order valence-electron chi connectivity index (χ1n) is 7.17. The van der Waals surface area contributed by atoms with Crippen molar-refractivity contribution in [3.8, 4) is 0 Å². The van der Waals surface area contributed by atoms with Crippen LogP contribution in [0.4, 0.5) is 5.69 Å². The summed E-state index contributed by atoms with van der Waals surface area (Å²) < 4.78 is 0. The molecule has 2 aromatic rings. The van der Waals surface area contributed by atoms with Gasteiger partial charge in [-0.05, 0) is 35.7 Å². The number of carbonyl (C=O) groups excluding carboxylic acids is 1. The second-order valence-electron chi connectivity index (χ2n) is 5.36. The van der Waals surface area contributed by atoms with E-state index in [9.17, 15) is 4.79 Å². The number of para-hydroxylation sites is 1. The predicted molar refractivity (Wildman–Crippen MR) is 85.2 cm³/mol. The average molecular weight is 283 g/mol. The summed E-state index contributed by atoms with van der Waals surface area (Å²) in [5.41, 5.74) is 2.64. The highest BCUT2D eigenvalue weighted by Gasteiger charge is 2.10. The molecule has 0 spiro atoms. The molecule has 0 aliphatic rings. The molecule has 0 unspecified atom stereocenters. The first kappa shape index (κ1) is 15.0. The fraction of sp³-hybridized carbons (Fsp3) is 0.294. The van der Waals surface area contributed by atoms with E-state index in [1.165, 1.54) is 0 Å². The van der Waals surface area contributed by atoms with Gasteiger partial charge in [0.25, 0.3) is 5.91 Å². The van der Waals surface area contributed by atoms with Crippen molar-refractivity contribution in [1.29, 1.82) is 0 Å². The fourth-order valence-electron chi connectivity index (χ4n) is 1.93. The molecular weight excluding hydrogens is 262 g/mol. The molecule has 0 aliphatic carbocycles. The minimum Gasteiger partial charge on any atom is -0.380 e. The Bertz CT molecular complexity index is 582. The van der Waals surface area contributed by atoms with Gasteiger partial charge < -0.3 is 10.6 Å². The molecule has 1 aromatic carbocycles. The van der Waals surface area contributed by atoms with Crippen LogP contribution in [0.2, 0.25) is 0 Å². The molecule has 0 bridgehead atoms. The summed E-state index contributed by atoms with van der Waals surface area (Å²) in [4.78, 5) is 16.2. The molecule has 1 heterocycles. The van der Waals surface area contributed by atoms with Crippen LogP contribution >= 0.6 is 0 Å². The maximum atomic E-state index is 12.2. The molecule has 0 saturated carbocycles. The summed E-state index contributed by atoms with van der Waals surface area (Å²) in [5, 5.41) is 6.26. The Labute approximate surface area is 125 Å². The molecule has 2 rings (SSSR count). The lowest BCUT2D eigenvalue weighted by Crippen LogP contribution is -2.28. The van der Waals surface area contributed by atoms with Crippen molar-refractivity contribution < 1.29 is 4.79 Å². The minimum absolute atomic E-state index is 0.0403. The lowest BCUT2D eigenvalue weighted by Gasteiger charge is -2.13. The highest BCUT2D eigenvalue weighted by atomic mass is 16.1. The van der Waals surface area contributed by atoms with Crippen LogP contribution < -0.4 is 10.6 Å². The Morgan fingerprint density at radius 2 is 1.86 bits per heavy atom. The van der Waals surface area contributed by atoms with Gasteiger partial charge in [-0.1, -0.05) is 26.0 Å². The molecule has 1 amide bonds. The minimum atomic E-state index is -0.0403. The van der Waals surface area contributed by atoms with Crippen LogP contribution in [0.3, 0.4) is 0 Å². The second-order valence-corrected chi connectivity index (χ2v) is 5.36. The number of nitrogens with one attached hydrogen (secondary N) is 2. The van der Waals surface area contributed by atoms with E-state index in [1.54, 1.807) is 12.4 Å². The second kappa shape index (κ2) is 7.43. The topological polar surface area (TPSA) is 54.0 Å². The maximum absolute atomic E-state index is 12.2. The van der Waals surface area contributed by atoms with Crippen LogP contribution in [-0.2, 0) is 6.54 Å². The molecular formula is C17H21N3O. The van der Waals surface area contributed by atoms with E-state index in [-0.39, 0.29) is 5.91 Å². The van der Waals surface area contributed by atoms with Gasteiger partial charge in [0.15, 0.2) is 0 Å². The highest BCUT2D eigenvalue weighted by Crippen LogP contribution is 2.16. The number of hydrogen-bond donors (Lipinski definition) is 2. The number of amides is 1. The fourth-order valence-corrected chi connectivity index (χ4v) is 1.93. The van der Waals surface area contributed by atoms with Crippen molar-refractivity contribution in [1.82, 2.24) is 10.3 Å². The Morgan fingerprint density at radius 1 is 1.14 bits per heavy atom. The molecule has 0 radical (unpaired) electrons. The van der Waals surface area contributed by atoms with Gasteiger partial charge in [-0.3, -0.25) is 9.78 Å². The summed E-state index contributed by atoms with van der Waals surface area (Å²) in [5.74, 6) is 0.396. The van der Waals surface area contributed by atoms with Crippen LogP contribution in [0, 0.1) is 5.92 Å². The highest BCUT2D eigenvalue weighted by molar-refractivity contribution is 5.99. The molecule has 1 aromatic heterocycles. The SMILES string of the molecule is CC(C)CNC(=O)c1ccccc1NCc1ccncc1. The Morgan fingerprint density at radius 3 is 2.57 bits per heavy atom. The number of rotatable bonds is 6. The lowest BCUT2D eigenvalue weighted by molar-refractivity contribution is 0.0950. The van der Waals surface area contributed by atoms with Gasteiger partial charge in [0, 0.05) is 31.2 Å². The summed E-state index contributed by atoms with van der Waals surface area (Å²) in [6, 6.07) is 11.5. The van der Waals surface area contributed by atoms with Crippen LogP contribution in [0.5, 0.6) is 0 Å². The molecule has 0 aliphatic heterocycles. The number of carbonyl (C=O) groups is 1. The monoisotopic (exact) mass is 283 g/mol.